The predicted molar refractivity (Wildman–Crippen MR) is 58.5 cm³/mol. The number of allylic oxidation sites excluding steroid dienone is 2. The summed E-state index contributed by atoms with van der Waals surface area (Å²) < 4.78 is 0. The van der Waals surface area contributed by atoms with E-state index < -0.39 is 0 Å². The summed E-state index contributed by atoms with van der Waals surface area (Å²) in [6.07, 6.45) is 0. The number of hydrogen-bond acceptors (Lipinski definition) is 1. The summed E-state index contributed by atoms with van der Waals surface area (Å²) in [6.45, 7) is 8.11. The van der Waals surface area contributed by atoms with Gasteiger partial charge in [0.1, 0.15) is 0 Å². The van der Waals surface area contributed by atoms with Gasteiger partial charge in [-0.2, -0.15) is 0 Å². The van der Waals surface area contributed by atoms with Crippen LogP contribution in [0.1, 0.15) is 40.9 Å². The van der Waals surface area contributed by atoms with Crippen LogP contribution in [0.25, 0.3) is 5.57 Å². The van der Waals surface area contributed by atoms with Gasteiger partial charge >= 0.3 is 0 Å². The Labute approximate surface area is 84.5 Å². The zero-order chi connectivity index (χ0) is 10.5. The minimum absolute atomic E-state index is 0.195. The van der Waals surface area contributed by atoms with Gasteiger partial charge in [-0.15, -0.1) is 0 Å². The molecule has 0 heterocycles. The standard InChI is InChI=1S/C13H14O/c1-7-5-6-11-12(8(7)2)9(3)10(4)13(11)14/h5-6H,1-4H3. The summed E-state index contributed by atoms with van der Waals surface area (Å²) in [5, 5.41) is 0. The topological polar surface area (TPSA) is 17.1 Å². The maximum atomic E-state index is 11.8. The molecule has 0 fully saturated rings. The van der Waals surface area contributed by atoms with Crippen molar-refractivity contribution in [2.45, 2.75) is 27.7 Å². The molecule has 1 aliphatic rings. The molecule has 0 saturated carbocycles. The fraction of sp³-hybridized carbons (Fsp3) is 0.308. The Bertz CT molecular complexity index is 464. The number of fused-ring (bicyclic) bond motifs is 1. The molecule has 2 rings (SSSR count). The summed E-state index contributed by atoms with van der Waals surface area (Å²) in [6, 6.07) is 3.97. The molecule has 1 aromatic rings. The van der Waals surface area contributed by atoms with Crippen LogP contribution in [0.2, 0.25) is 0 Å². The number of Topliss-reactive ketones (excluding diaryl/α,β-unsaturated/α-hetero) is 1. The molecule has 0 saturated heterocycles. The first-order chi connectivity index (χ1) is 6.54. The molecular formula is C13H14O. The van der Waals surface area contributed by atoms with E-state index in [-0.39, 0.29) is 5.78 Å². The van der Waals surface area contributed by atoms with Gasteiger partial charge in [-0.05, 0) is 50.0 Å². The quantitative estimate of drug-likeness (QED) is 0.607. The van der Waals surface area contributed by atoms with Gasteiger partial charge in [-0.3, -0.25) is 4.79 Å². The minimum atomic E-state index is 0.195. The van der Waals surface area contributed by atoms with Gasteiger partial charge in [0, 0.05) is 11.1 Å². The van der Waals surface area contributed by atoms with Crippen molar-refractivity contribution in [3.63, 3.8) is 0 Å². The molecule has 1 heteroatoms. The van der Waals surface area contributed by atoms with Gasteiger partial charge in [0.15, 0.2) is 5.78 Å². The van der Waals surface area contributed by atoms with Crippen molar-refractivity contribution in [3.8, 4) is 0 Å². The van der Waals surface area contributed by atoms with Gasteiger partial charge < -0.3 is 0 Å². The molecule has 1 aromatic carbocycles. The summed E-state index contributed by atoms with van der Waals surface area (Å²) in [5.74, 6) is 0.195. The Kier molecular flexibility index (Phi) is 1.84. The normalized spacial score (nSPS) is 15.0. The molecule has 0 aromatic heterocycles. The Morgan fingerprint density at radius 2 is 1.57 bits per heavy atom. The van der Waals surface area contributed by atoms with E-state index in [1.165, 1.54) is 11.1 Å². The average Bonchev–Trinajstić information content (AvgIpc) is 2.38. The largest absolute Gasteiger partial charge is 0.289 e. The molecule has 0 bridgehead atoms. The second-order valence-electron chi connectivity index (χ2n) is 4.01. The van der Waals surface area contributed by atoms with Crippen LogP contribution in [0.15, 0.2) is 17.7 Å². The van der Waals surface area contributed by atoms with Gasteiger partial charge in [0.25, 0.3) is 0 Å². The molecule has 0 aliphatic heterocycles. The van der Waals surface area contributed by atoms with E-state index >= 15 is 0 Å². The lowest BCUT2D eigenvalue weighted by Crippen LogP contribution is -1.97. The van der Waals surface area contributed by atoms with E-state index in [1.807, 2.05) is 26.0 Å². The van der Waals surface area contributed by atoms with Crippen LogP contribution < -0.4 is 0 Å². The van der Waals surface area contributed by atoms with Crippen molar-refractivity contribution in [1.29, 1.82) is 0 Å². The van der Waals surface area contributed by atoms with Crippen LogP contribution in [-0.2, 0) is 0 Å². The van der Waals surface area contributed by atoms with Crippen molar-refractivity contribution in [2.24, 2.45) is 0 Å². The summed E-state index contributed by atoms with van der Waals surface area (Å²) >= 11 is 0. The highest BCUT2D eigenvalue weighted by molar-refractivity contribution is 6.20. The van der Waals surface area contributed by atoms with Gasteiger partial charge in [0.05, 0.1) is 0 Å². The first kappa shape index (κ1) is 9.20. The fourth-order valence-electron chi connectivity index (χ4n) is 2.05. The van der Waals surface area contributed by atoms with E-state index in [9.17, 15) is 4.79 Å². The van der Waals surface area contributed by atoms with Crippen LogP contribution in [0, 0.1) is 13.8 Å². The lowest BCUT2D eigenvalue weighted by molar-refractivity contribution is 0.103. The zero-order valence-corrected chi connectivity index (χ0v) is 9.06. The zero-order valence-electron chi connectivity index (χ0n) is 9.06. The molecule has 0 amide bonds. The number of carbonyl (C=O) groups excluding carboxylic acids is 1. The molecule has 0 spiro atoms. The van der Waals surface area contributed by atoms with Crippen LogP contribution >= 0.6 is 0 Å². The Balaban J connectivity index is 2.82. The van der Waals surface area contributed by atoms with Crippen LogP contribution in [-0.4, -0.2) is 5.78 Å². The predicted octanol–water partition coefficient (Wildman–Crippen LogP) is 3.29. The lowest BCUT2D eigenvalue weighted by atomic mass is 9.96. The maximum absolute atomic E-state index is 11.8. The molecule has 0 radical (unpaired) electrons. The van der Waals surface area contributed by atoms with E-state index in [1.54, 1.807) is 0 Å². The Morgan fingerprint density at radius 3 is 2.21 bits per heavy atom. The molecule has 14 heavy (non-hydrogen) atoms. The highest BCUT2D eigenvalue weighted by Crippen LogP contribution is 2.35. The van der Waals surface area contributed by atoms with Crippen molar-refractivity contribution in [2.75, 3.05) is 0 Å². The number of aryl methyl sites for hydroxylation is 1. The van der Waals surface area contributed by atoms with E-state index in [2.05, 4.69) is 13.8 Å². The minimum Gasteiger partial charge on any atom is -0.289 e. The summed E-state index contributed by atoms with van der Waals surface area (Å²) in [4.78, 5) is 11.8. The second-order valence-corrected chi connectivity index (χ2v) is 4.01. The SMILES string of the molecule is CC1=C(C)c2c(ccc(C)c2C)C1=O. The van der Waals surface area contributed by atoms with E-state index in [0.29, 0.717) is 0 Å². The lowest BCUT2D eigenvalue weighted by Gasteiger charge is -2.07. The number of rotatable bonds is 0. The average molecular weight is 186 g/mol. The van der Waals surface area contributed by atoms with Crippen molar-refractivity contribution in [1.82, 2.24) is 0 Å². The van der Waals surface area contributed by atoms with Crippen LogP contribution in [0.3, 0.4) is 0 Å². The van der Waals surface area contributed by atoms with Crippen LogP contribution in [0.5, 0.6) is 0 Å². The maximum Gasteiger partial charge on any atom is 0.189 e. The van der Waals surface area contributed by atoms with Crippen molar-refractivity contribution >= 4 is 11.4 Å². The molecular weight excluding hydrogens is 172 g/mol. The Hall–Kier alpha value is -1.37. The molecule has 1 nitrogen and oxygen atoms in total. The summed E-state index contributed by atoms with van der Waals surface area (Å²) in [7, 11) is 0. The number of ketones is 1. The Morgan fingerprint density at radius 1 is 0.929 bits per heavy atom. The monoisotopic (exact) mass is 186 g/mol. The number of carbonyl (C=O) groups is 1. The number of hydrogen-bond donors (Lipinski definition) is 0. The first-order valence-corrected chi connectivity index (χ1v) is 4.86. The highest BCUT2D eigenvalue weighted by Gasteiger charge is 2.25. The molecule has 72 valence electrons. The van der Waals surface area contributed by atoms with E-state index in [0.717, 1.165) is 22.3 Å². The number of benzene rings is 1. The molecule has 0 unspecified atom stereocenters. The third-order valence-corrected chi connectivity index (χ3v) is 3.26. The molecule has 0 atom stereocenters. The van der Waals surface area contributed by atoms with Gasteiger partial charge in [-0.25, -0.2) is 0 Å². The van der Waals surface area contributed by atoms with Gasteiger partial charge in [0.2, 0.25) is 0 Å². The van der Waals surface area contributed by atoms with E-state index in [4.69, 9.17) is 0 Å². The second kappa shape index (κ2) is 2.81. The highest BCUT2D eigenvalue weighted by atomic mass is 16.1. The molecule has 0 N–H and O–H groups in total. The van der Waals surface area contributed by atoms with Crippen molar-refractivity contribution < 1.29 is 4.79 Å². The van der Waals surface area contributed by atoms with Crippen LogP contribution in [0.4, 0.5) is 0 Å². The fourth-order valence-corrected chi connectivity index (χ4v) is 2.05. The smallest absolute Gasteiger partial charge is 0.189 e. The van der Waals surface area contributed by atoms with Crippen molar-refractivity contribution in [3.05, 3.63) is 40.0 Å². The summed E-state index contributed by atoms with van der Waals surface area (Å²) in [5.41, 5.74) is 6.58. The third kappa shape index (κ3) is 0.985. The first-order valence-electron chi connectivity index (χ1n) is 4.86. The third-order valence-electron chi connectivity index (χ3n) is 3.26. The molecule has 1 aliphatic carbocycles. The van der Waals surface area contributed by atoms with Gasteiger partial charge in [-0.1, -0.05) is 12.1 Å².